The molecule has 2 aromatic rings. The highest BCUT2D eigenvalue weighted by atomic mass is 32.1. The number of Topliss-reactive ketones (excluding diaryl/α,β-unsaturated/α-hetero) is 1. The number of nitrogens with one attached hydrogen (secondary N) is 1. The van der Waals surface area contributed by atoms with Crippen molar-refractivity contribution in [2.24, 2.45) is 0 Å². The first-order valence-corrected chi connectivity index (χ1v) is 10.3. The number of ether oxygens (including phenoxy) is 1. The van der Waals surface area contributed by atoms with E-state index >= 15 is 0 Å². The van der Waals surface area contributed by atoms with Gasteiger partial charge in [-0.2, -0.15) is 0 Å². The van der Waals surface area contributed by atoms with Gasteiger partial charge >= 0.3 is 0 Å². The van der Waals surface area contributed by atoms with Crippen molar-refractivity contribution in [3.63, 3.8) is 0 Å². The molecule has 0 aliphatic rings. The number of amides is 1. The zero-order valence-corrected chi connectivity index (χ0v) is 16.8. The van der Waals surface area contributed by atoms with E-state index in [9.17, 15) is 9.59 Å². The fourth-order valence-corrected chi connectivity index (χ4v) is 3.24. The zero-order valence-electron chi connectivity index (χ0n) is 16.0. The normalized spacial score (nSPS) is 10.6. The summed E-state index contributed by atoms with van der Waals surface area (Å²) >= 11 is 1.40. The van der Waals surface area contributed by atoms with Crippen LogP contribution < -0.4 is 10.1 Å². The first kappa shape index (κ1) is 21.0. The predicted octanol–water partition coefficient (Wildman–Crippen LogP) is 4.66. The minimum atomic E-state index is -0.220. The van der Waals surface area contributed by atoms with Crippen molar-refractivity contribution in [1.29, 1.82) is 0 Å². The molecule has 2 rings (SSSR count). The van der Waals surface area contributed by atoms with Gasteiger partial charge in [-0.3, -0.25) is 9.59 Å². The van der Waals surface area contributed by atoms with Crippen LogP contribution in [0.4, 0.5) is 5.13 Å². The quantitative estimate of drug-likeness (QED) is 0.422. The summed E-state index contributed by atoms with van der Waals surface area (Å²) in [7, 11) is 0. The Morgan fingerprint density at radius 2 is 1.81 bits per heavy atom. The molecule has 27 heavy (non-hydrogen) atoms. The number of hydrogen-bond donors (Lipinski definition) is 1. The Bertz CT molecular complexity index is 728. The summed E-state index contributed by atoms with van der Waals surface area (Å²) in [6.07, 6.45) is 5.50. The van der Waals surface area contributed by atoms with Crippen molar-refractivity contribution in [1.82, 2.24) is 10.2 Å². The molecule has 1 aromatic carbocycles. The predicted molar refractivity (Wildman–Crippen MR) is 108 cm³/mol. The molecule has 0 bridgehead atoms. The van der Waals surface area contributed by atoms with Gasteiger partial charge in [-0.25, -0.2) is 0 Å². The van der Waals surface area contributed by atoms with E-state index in [4.69, 9.17) is 4.74 Å². The number of carbonyl (C=O) groups excluding carboxylic acids is 2. The van der Waals surface area contributed by atoms with Crippen LogP contribution in [0.1, 0.15) is 67.7 Å². The summed E-state index contributed by atoms with van der Waals surface area (Å²) in [5.41, 5.74) is 0.584. The lowest BCUT2D eigenvalue weighted by molar-refractivity contribution is -0.116. The lowest BCUT2D eigenvalue weighted by Gasteiger charge is -2.05. The topological polar surface area (TPSA) is 81.2 Å². The standard InChI is InChI=1S/C20H27N3O3S/c1-3-5-6-7-19-22-23-20(27-19)21-18(25)13-12-17(24)15-8-10-16(11-9-15)26-14-4-2/h8-11H,3-7,12-14H2,1-2H3,(H,21,23,25). The van der Waals surface area contributed by atoms with Crippen molar-refractivity contribution in [2.45, 2.75) is 58.8 Å². The number of aryl methyl sites for hydroxylation is 1. The van der Waals surface area contributed by atoms with E-state index < -0.39 is 0 Å². The molecule has 1 N–H and O–H groups in total. The zero-order chi connectivity index (χ0) is 19.5. The highest BCUT2D eigenvalue weighted by Crippen LogP contribution is 2.18. The van der Waals surface area contributed by atoms with E-state index in [2.05, 4.69) is 22.4 Å². The number of anilines is 1. The molecule has 6 nitrogen and oxygen atoms in total. The van der Waals surface area contributed by atoms with Gasteiger partial charge in [0, 0.05) is 24.8 Å². The Hall–Kier alpha value is -2.28. The van der Waals surface area contributed by atoms with Crippen LogP contribution in [-0.2, 0) is 11.2 Å². The molecule has 0 atom stereocenters. The third-order valence-corrected chi connectivity index (χ3v) is 4.83. The second-order valence-corrected chi connectivity index (χ2v) is 7.36. The smallest absolute Gasteiger partial charge is 0.226 e. The molecule has 1 amide bonds. The van der Waals surface area contributed by atoms with Crippen molar-refractivity contribution in [2.75, 3.05) is 11.9 Å². The summed E-state index contributed by atoms with van der Waals surface area (Å²) < 4.78 is 5.50. The Balaban J connectivity index is 1.75. The largest absolute Gasteiger partial charge is 0.494 e. The maximum absolute atomic E-state index is 12.2. The number of ketones is 1. The van der Waals surface area contributed by atoms with Crippen LogP contribution in [0, 0.1) is 0 Å². The minimum absolute atomic E-state index is 0.0651. The number of hydrogen-bond acceptors (Lipinski definition) is 6. The molecule has 0 fully saturated rings. The third-order valence-electron chi connectivity index (χ3n) is 3.94. The van der Waals surface area contributed by atoms with Crippen molar-refractivity contribution in [3.8, 4) is 5.75 Å². The highest BCUT2D eigenvalue weighted by Gasteiger charge is 2.12. The summed E-state index contributed by atoms with van der Waals surface area (Å²) in [4.78, 5) is 24.3. The number of unbranched alkanes of at least 4 members (excludes halogenated alkanes) is 2. The van der Waals surface area contributed by atoms with Crippen molar-refractivity contribution in [3.05, 3.63) is 34.8 Å². The first-order valence-electron chi connectivity index (χ1n) is 9.50. The molecule has 0 radical (unpaired) electrons. The van der Waals surface area contributed by atoms with Crippen LogP contribution in [0.3, 0.4) is 0 Å². The van der Waals surface area contributed by atoms with Crippen LogP contribution in [0.2, 0.25) is 0 Å². The molecule has 0 saturated carbocycles. The van der Waals surface area contributed by atoms with Crippen molar-refractivity contribution >= 4 is 28.2 Å². The van der Waals surface area contributed by atoms with E-state index in [1.54, 1.807) is 24.3 Å². The van der Waals surface area contributed by atoms with Crippen LogP contribution >= 0.6 is 11.3 Å². The average molecular weight is 390 g/mol. The van der Waals surface area contributed by atoms with E-state index in [-0.39, 0.29) is 24.5 Å². The van der Waals surface area contributed by atoms with Gasteiger partial charge in [-0.15, -0.1) is 10.2 Å². The third kappa shape index (κ3) is 7.46. The van der Waals surface area contributed by atoms with Gasteiger partial charge in [0.2, 0.25) is 11.0 Å². The van der Waals surface area contributed by atoms with Gasteiger partial charge in [-0.1, -0.05) is 38.0 Å². The molecule has 1 aromatic heterocycles. The minimum Gasteiger partial charge on any atom is -0.494 e. The highest BCUT2D eigenvalue weighted by molar-refractivity contribution is 7.15. The number of nitrogens with zero attached hydrogens (tertiary/aromatic N) is 2. The summed E-state index contributed by atoms with van der Waals surface area (Å²) in [6.45, 7) is 4.85. The van der Waals surface area contributed by atoms with Crippen LogP contribution in [0.25, 0.3) is 0 Å². The van der Waals surface area contributed by atoms with E-state index in [1.165, 1.54) is 11.3 Å². The summed E-state index contributed by atoms with van der Waals surface area (Å²) in [6, 6.07) is 7.03. The fraction of sp³-hybridized carbons (Fsp3) is 0.500. The first-order chi connectivity index (χ1) is 13.1. The Morgan fingerprint density at radius 1 is 1.04 bits per heavy atom. The van der Waals surface area contributed by atoms with Gasteiger partial charge in [0.05, 0.1) is 6.61 Å². The number of carbonyl (C=O) groups is 2. The molecule has 7 heteroatoms. The molecule has 1 heterocycles. The molecule has 146 valence electrons. The van der Waals surface area contributed by atoms with Gasteiger partial charge in [0.1, 0.15) is 10.8 Å². The van der Waals surface area contributed by atoms with E-state index in [1.807, 2.05) is 6.92 Å². The van der Waals surface area contributed by atoms with E-state index in [0.29, 0.717) is 17.3 Å². The molecule has 0 aliphatic carbocycles. The lowest BCUT2D eigenvalue weighted by Crippen LogP contribution is -2.13. The van der Waals surface area contributed by atoms with E-state index in [0.717, 1.165) is 42.9 Å². The summed E-state index contributed by atoms with van der Waals surface area (Å²) in [5, 5.41) is 12.2. The average Bonchev–Trinajstić information content (AvgIpc) is 3.12. The molecule has 0 saturated heterocycles. The second kappa shape index (κ2) is 11.4. The summed E-state index contributed by atoms with van der Waals surface area (Å²) in [5.74, 6) is 0.462. The molecular formula is C20H27N3O3S. The lowest BCUT2D eigenvalue weighted by atomic mass is 10.1. The second-order valence-electron chi connectivity index (χ2n) is 6.30. The SMILES string of the molecule is CCCCCc1nnc(NC(=O)CCC(=O)c2ccc(OCCC)cc2)s1. The van der Waals surface area contributed by atoms with Gasteiger partial charge in [-0.05, 0) is 37.1 Å². The number of rotatable bonds is 12. The molecular weight excluding hydrogens is 362 g/mol. The molecule has 0 unspecified atom stereocenters. The van der Waals surface area contributed by atoms with Crippen LogP contribution in [0.15, 0.2) is 24.3 Å². The fourth-order valence-electron chi connectivity index (χ4n) is 2.44. The van der Waals surface area contributed by atoms with Gasteiger partial charge in [0.15, 0.2) is 5.78 Å². The number of benzene rings is 1. The molecule has 0 spiro atoms. The van der Waals surface area contributed by atoms with Gasteiger partial charge in [0.25, 0.3) is 0 Å². The molecule has 0 aliphatic heterocycles. The van der Waals surface area contributed by atoms with Gasteiger partial charge < -0.3 is 10.1 Å². The monoisotopic (exact) mass is 389 g/mol. The Kier molecular flexibility index (Phi) is 8.91. The Morgan fingerprint density at radius 3 is 2.52 bits per heavy atom. The maximum atomic E-state index is 12.2. The van der Waals surface area contributed by atoms with Crippen LogP contribution in [-0.4, -0.2) is 28.5 Å². The number of aromatic nitrogens is 2. The van der Waals surface area contributed by atoms with Crippen molar-refractivity contribution < 1.29 is 14.3 Å². The van der Waals surface area contributed by atoms with Crippen LogP contribution in [0.5, 0.6) is 5.75 Å². The maximum Gasteiger partial charge on any atom is 0.226 e. The Labute approximate surface area is 164 Å².